The predicted octanol–water partition coefficient (Wildman–Crippen LogP) is 4.04. The van der Waals surface area contributed by atoms with Crippen molar-refractivity contribution in [2.75, 3.05) is 12.4 Å². The van der Waals surface area contributed by atoms with E-state index in [-0.39, 0.29) is 0 Å². The molecule has 1 heterocycles. The molecule has 0 spiro atoms. The lowest BCUT2D eigenvalue weighted by Gasteiger charge is -2.14. The normalized spacial score (nSPS) is 12.4. The summed E-state index contributed by atoms with van der Waals surface area (Å²) in [5.41, 5.74) is 1.82. The fourth-order valence-corrected chi connectivity index (χ4v) is 2.66. The number of amides is 1. The van der Waals surface area contributed by atoms with Crippen LogP contribution in [0.15, 0.2) is 53.0 Å². The average Bonchev–Trinajstić information content (AvgIpc) is 2.98. The second-order valence-corrected chi connectivity index (χ2v) is 5.72. The lowest BCUT2D eigenvalue weighted by atomic mass is 10.1. The smallest absolute Gasteiger partial charge is 0.331 e. The Labute approximate surface area is 150 Å². The zero-order chi connectivity index (χ0) is 18.7. The number of nitrogens with one attached hydrogen (secondary N) is 1. The Morgan fingerprint density at radius 1 is 1.15 bits per heavy atom. The number of esters is 1. The van der Waals surface area contributed by atoms with Crippen LogP contribution in [0.25, 0.3) is 21.9 Å². The van der Waals surface area contributed by atoms with Gasteiger partial charge in [0.05, 0.1) is 12.8 Å². The van der Waals surface area contributed by atoms with Crippen molar-refractivity contribution in [2.45, 2.75) is 20.0 Å². The zero-order valence-electron chi connectivity index (χ0n) is 14.7. The highest BCUT2D eigenvalue weighted by Crippen LogP contribution is 2.36. The third kappa shape index (κ3) is 3.39. The first-order valence-corrected chi connectivity index (χ1v) is 8.17. The number of para-hydroxylation sites is 1. The highest BCUT2D eigenvalue weighted by molar-refractivity contribution is 6.08. The number of carbonyl (C=O) groups is 2. The topological polar surface area (TPSA) is 77.8 Å². The molecule has 0 saturated carbocycles. The number of hydrogen-bond acceptors (Lipinski definition) is 5. The molecule has 6 nitrogen and oxygen atoms in total. The van der Waals surface area contributed by atoms with Crippen molar-refractivity contribution >= 4 is 39.5 Å². The monoisotopic (exact) mass is 353 g/mol. The predicted molar refractivity (Wildman–Crippen MR) is 99.3 cm³/mol. The van der Waals surface area contributed by atoms with Gasteiger partial charge in [0, 0.05) is 22.9 Å². The van der Waals surface area contributed by atoms with Gasteiger partial charge < -0.3 is 19.2 Å². The largest absolute Gasteiger partial charge is 0.495 e. The van der Waals surface area contributed by atoms with E-state index in [4.69, 9.17) is 13.9 Å². The van der Waals surface area contributed by atoms with E-state index < -0.39 is 18.0 Å². The van der Waals surface area contributed by atoms with E-state index in [1.54, 1.807) is 19.1 Å². The molecule has 0 unspecified atom stereocenters. The minimum absolute atomic E-state index is 0.443. The number of rotatable bonds is 5. The molecule has 0 saturated heterocycles. The van der Waals surface area contributed by atoms with Gasteiger partial charge in [-0.05, 0) is 26.0 Å². The van der Waals surface area contributed by atoms with Gasteiger partial charge in [-0.15, -0.1) is 0 Å². The molecule has 0 fully saturated rings. The average molecular weight is 353 g/mol. The number of fused-ring (bicyclic) bond motifs is 3. The van der Waals surface area contributed by atoms with Gasteiger partial charge in [0.15, 0.2) is 6.10 Å². The molecule has 1 N–H and O–H groups in total. The summed E-state index contributed by atoms with van der Waals surface area (Å²) in [5.74, 6) is -0.546. The van der Waals surface area contributed by atoms with Crippen LogP contribution in [0.3, 0.4) is 0 Å². The van der Waals surface area contributed by atoms with Crippen LogP contribution in [0.2, 0.25) is 0 Å². The van der Waals surface area contributed by atoms with Gasteiger partial charge in [0.2, 0.25) is 0 Å². The van der Waals surface area contributed by atoms with Gasteiger partial charge in [-0.25, -0.2) is 4.79 Å². The van der Waals surface area contributed by atoms with Gasteiger partial charge in [0.25, 0.3) is 5.91 Å². The first kappa shape index (κ1) is 17.5. The van der Waals surface area contributed by atoms with E-state index in [2.05, 4.69) is 5.32 Å². The maximum absolute atomic E-state index is 12.3. The number of benzene rings is 2. The number of allylic oxidation sites excluding steroid dienone is 1. The van der Waals surface area contributed by atoms with Crippen LogP contribution in [-0.4, -0.2) is 25.1 Å². The zero-order valence-corrected chi connectivity index (χ0v) is 14.7. The number of ether oxygens (including phenoxy) is 2. The van der Waals surface area contributed by atoms with Crippen LogP contribution in [0, 0.1) is 0 Å². The summed E-state index contributed by atoms with van der Waals surface area (Å²) >= 11 is 0. The first-order chi connectivity index (χ1) is 12.5. The van der Waals surface area contributed by atoms with Crippen LogP contribution >= 0.6 is 0 Å². The van der Waals surface area contributed by atoms with Gasteiger partial charge in [-0.3, -0.25) is 4.79 Å². The molecule has 1 amide bonds. The molecule has 0 aliphatic rings. The first-order valence-electron chi connectivity index (χ1n) is 8.17. The minimum atomic E-state index is -0.949. The summed E-state index contributed by atoms with van der Waals surface area (Å²) in [5, 5.41) is 4.58. The maximum atomic E-state index is 12.3. The number of methoxy groups -OCH3 is 1. The molecule has 1 atom stereocenters. The molecule has 0 bridgehead atoms. The molecule has 26 heavy (non-hydrogen) atoms. The highest BCUT2D eigenvalue weighted by atomic mass is 16.5. The summed E-state index contributed by atoms with van der Waals surface area (Å²) in [6.45, 7) is 3.20. The molecular weight excluding hydrogens is 334 g/mol. The van der Waals surface area contributed by atoms with E-state index in [1.807, 2.05) is 30.3 Å². The maximum Gasteiger partial charge on any atom is 0.331 e. The molecular formula is C20H19NO5. The molecule has 0 aliphatic heterocycles. The minimum Gasteiger partial charge on any atom is -0.495 e. The van der Waals surface area contributed by atoms with Crippen LogP contribution in [0.4, 0.5) is 5.69 Å². The Morgan fingerprint density at radius 3 is 2.65 bits per heavy atom. The molecule has 3 rings (SSSR count). The van der Waals surface area contributed by atoms with Crippen LogP contribution in [0.1, 0.15) is 13.8 Å². The highest BCUT2D eigenvalue weighted by Gasteiger charge is 2.19. The third-order valence-electron chi connectivity index (χ3n) is 3.92. The lowest BCUT2D eigenvalue weighted by Crippen LogP contribution is -2.29. The summed E-state index contributed by atoms with van der Waals surface area (Å²) < 4.78 is 16.3. The second-order valence-electron chi connectivity index (χ2n) is 5.72. The number of carbonyl (C=O) groups excluding carboxylic acids is 2. The third-order valence-corrected chi connectivity index (χ3v) is 3.92. The van der Waals surface area contributed by atoms with Crippen molar-refractivity contribution < 1.29 is 23.5 Å². The van der Waals surface area contributed by atoms with Crippen molar-refractivity contribution in [1.29, 1.82) is 0 Å². The SMILES string of the molecule is C/C=C/C(=O)O[C@H](C)C(=O)Nc1cc2oc3ccccc3c2cc1OC. The van der Waals surface area contributed by atoms with Gasteiger partial charge in [-0.1, -0.05) is 24.3 Å². The van der Waals surface area contributed by atoms with Crippen molar-refractivity contribution in [2.24, 2.45) is 0 Å². The van der Waals surface area contributed by atoms with Crippen molar-refractivity contribution in [3.63, 3.8) is 0 Å². The molecule has 1 aromatic heterocycles. The Hall–Kier alpha value is -3.28. The van der Waals surface area contributed by atoms with Crippen molar-refractivity contribution in [1.82, 2.24) is 0 Å². The van der Waals surface area contributed by atoms with Crippen molar-refractivity contribution in [3.05, 3.63) is 48.6 Å². The number of furan rings is 1. The standard InChI is InChI=1S/C20H19NO5/c1-4-7-19(22)25-12(2)20(23)21-15-11-17-14(10-18(15)24-3)13-8-5-6-9-16(13)26-17/h4-12H,1-3H3,(H,21,23)/b7-4+/t12-/m1/s1. The quantitative estimate of drug-likeness (QED) is 0.553. The van der Waals surface area contributed by atoms with E-state index in [9.17, 15) is 9.59 Å². The Balaban J connectivity index is 1.90. The van der Waals surface area contributed by atoms with Crippen molar-refractivity contribution in [3.8, 4) is 5.75 Å². The Bertz CT molecular complexity index is 1000. The second kappa shape index (κ2) is 7.31. The Kier molecular flexibility index (Phi) is 4.93. The Morgan fingerprint density at radius 2 is 1.92 bits per heavy atom. The molecule has 6 heteroatoms. The number of hydrogen-bond donors (Lipinski definition) is 1. The van der Waals surface area contributed by atoms with Gasteiger partial charge in [0.1, 0.15) is 16.9 Å². The van der Waals surface area contributed by atoms with Gasteiger partial charge >= 0.3 is 5.97 Å². The van der Waals surface area contributed by atoms with Crippen LogP contribution in [-0.2, 0) is 14.3 Å². The summed E-state index contributed by atoms with van der Waals surface area (Å²) in [4.78, 5) is 23.8. The molecule has 3 aromatic rings. The van der Waals surface area contributed by atoms with Gasteiger partial charge in [-0.2, -0.15) is 0 Å². The van der Waals surface area contributed by atoms with E-state index in [0.29, 0.717) is 17.0 Å². The summed E-state index contributed by atoms with van der Waals surface area (Å²) in [6.07, 6.45) is 1.85. The molecule has 2 aromatic carbocycles. The summed E-state index contributed by atoms with van der Waals surface area (Å²) in [7, 11) is 1.52. The van der Waals surface area contributed by atoms with Crippen LogP contribution in [0.5, 0.6) is 5.75 Å². The van der Waals surface area contributed by atoms with E-state index >= 15 is 0 Å². The molecule has 0 radical (unpaired) electrons. The van der Waals surface area contributed by atoms with E-state index in [1.165, 1.54) is 20.1 Å². The summed E-state index contributed by atoms with van der Waals surface area (Å²) in [6, 6.07) is 11.2. The molecule has 0 aliphatic carbocycles. The number of anilines is 1. The fraction of sp³-hybridized carbons (Fsp3) is 0.200. The molecule has 134 valence electrons. The van der Waals surface area contributed by atoms with E-state index in [0.717, 1.165) is 16.4 Å². The fourth-order valence-electron chi connectivity index (χ4n) is 2.66. The lowest BCUT2D eigenvalue weighted by molar-refractivity contribution is -0.148. The van der Waals surface area contributed by atoms with Crippen LogP contribution < -0.4 is 10.1 Å².